The van der Waals surface area contributed by atoms with Gasteiger partial charge < -0.3 is 299 Å². The first kappa shape index (κ1) is 118. The Morgan fingerprint density at radius 1 is 0.194 bits per heavy atom. The topological polar surface area (TPSA) is 996 Å². The van der Waals surface area contributed by atoms with Crippen LogP contribution < -0.4 is 21.3 Å². The van der Waals surface area contributed by atoms with Gasteiger partial charge in [-0.25, -0.2) is 0 Å². The van der Waals surface area contributed by atoms with Gasteiger partial charge in [0.15, 0.2) is 75.5 Å². The van der Waals surface area contributed by atoms with Gasteiger partial charge in [-0.1, -0.05) is 0 Å². The predicted molar refractivity (Wildman–Crippen MR) is 440 cm³/mol. The Morgan fingerprint density at radius 3 is 0.764 bits per heavy atom. The van der Waals surface area contributed by atoms with E-state index < -0.39 is 465 Å². The van der Waals surface area contributed by atoms with Crippen LogP contribution in [0, 0.1) is 0 Å². The third-order valence-corrected chi connectivity index (χ3v) is 26.6. The average molecular weight is 2110 g/mol. The average Bonchev–Trinajstić information content (AvgIpc) is 0.747. The molecular weight excluding hydrogens is 1980 g/mol. The highest BCUT2D eigenvalue weighted by molar-refractivity contribution is 5.74. The number of nitrogens with one attached hydrogen (secondary N) is 4. The lowest BCUT2D eigenvalue weighted by atomic mass is 9.93. The molecule has 64 heteroatoms. The number of amides is 4. The largest absolute Gasteiger partial charge is 0.394 e. The molecule has 834 valence electrons. The minimum Gasteiger partial charge on any atom is -0.394 e. The van der Waals surface area contributed by atoms with Crippen molar-refractivity contribution < 1.29 is 297 Å². The number of aliphatic hydroxyl groups is 33. The zero-order chi connectivity index (χ0) is 106. The van der Waals surface area contributed by atoms with E-state index in [1.807, 2.05) is 0 Å². The second-order valence-electron chi connectivity index (χ2n) is 36.6. The van der Waals surface area contributed by atoms with Crippen LogP contribution in [0.2, 0.25) is 0 Å². The molecule has 64 nitrogen and oxygen atoms in total. The van der Waals surface area contributed by atoms with Gasteiger partial charge in [0.05, 0.1) is 78.8 Å². The summed E-state index contributed by atoms with van der Waals surface area (Å²) < 4.78 is 138. The highest BCUT2D eigenvalue weighted by atomic mass is 16.8. The van der Waals surface area contributed by atoms with Gasteiger partial charge in [0.1, 0.15) is 287 Å². The summed E-state index contributed by atoms with van der Waals surface area (Å²) >= 11 is 0. The molecule has 12 aliphatic heterocycles. The standard InChI is InChI=1S/C80H134N4O60/c1-17-37(97)48(108)53(113)73(125-17)124-16-32-65(44(104)33(69(121)126-32)81-18(2)93)138-71-35(83-20(4)95)46(106)63(28(12-91)132-71)141-79-60(120)67(43(103)31(136-79)15-123-75-59(119)66(142-78-57(117)52(112)41(101)25(9-88)130-78)42(102)30(135-75)14-122-74-54(114)49(109)38(98)22(6-85)127-74)143-80-68(144-72-36(84-21(5)96)47(107)62(27(11-90)133-72)140-77-56(116)51(111)40(100)24(8-87)129-77)58(118)64(29(13-92)134-80)137-70-34(82-19(3)94)45(105)61(26(10-89)131-70)139-76-55(115)50(110)39(99)23(7-86)128-76/h17,22-80,85-92,97-121H,6-16H2,1-5H3,(H,81,93)(H,82,94)(H,83,95)(H,84,96)/t17-,22+,23+,24+,25+,26+,27+,28+,29+,30+,31+,32+,33+,34+,35+,36+,37+,38+,39-,40-,41+,42+,43+,44+,45+,46+,47+,48+,49-,50-,51-,52-,53-,54-,55+,56+,57-,58-,59-,60-,61+,62+,63+,64+,65+,66-,67-,68-,69+,70-,71-,72-,73+,74-,75-,76-,77-,78+,79-,80+/m0/s1. The number of aliphatic hydroxyl groups excluding tert-OH is 33. The van der Waals surface area contributed by atoms with Crippen LogP contribution in [0.25, 0.3) is 0 Å². The van der Waals surface area contributed by atoms with Crippen molar-refractivity contribution in [2.45, 2.75) is 403 Å². The second kappa shape index (κ2) is 51.6. The van der Waals surface area contributed by atoms with Crippen LogP contribution in [0.1, 0.15) is 34.6 Å². The van der Waals surface area contributed by atoms with Gasteiger partial charge in [-0.15, -0.1) is 0 Å². The van der Waals surface area contributed by atoms with Crippen molar-refractivity contribution in [2.75, 3.05) is 72.7 Å². The van der Waals surface area contributed by atoms with Crippen molar-refractivity contribution in [3.05, 3.63) is 0 Å². The molecule has 4 amide bonds. The monoisotopic (exact) mass is 2110 g/mol. The van der Waals surface area contributed by atoms with E-state index in [4.69, 9.17) is 109 Å². The summed E-state index contributed by atoms with van der Waals surface area (Å²) in [4.78, 5) is 52.8. The lowest BCUT2D eigenvalue weighted by molar-refractivity contribution is -0.406. The van der Waals surface area contributed by atoms with Gasteiger partial charge >= 0.3 is 0 Å². The molecule has 0 aromatic rings. The maximum absolute atomic E-state index is 13.5. The molecule has 0 radical (unpaired) electrons. The zero-order valence-corrected chi connectivity index (χ0v) is 77.2. The molecule has 0 saturated carbocycles. The maximum atomic E-state index is 13.5. The molecule has 12 aliphatic rings. The van der Waals surface area contributed by atoms with Crippen molar-refractivity contribution in [1.29, 1.82) is 0 Å². The fourth-order valence-corrected chi connectivity index (χ4v) is 18.7. The summed E-state index contributed by atoms with van der Waals surface area (Å²) in [5.74, 6) is -4.06. The van der Waals surface area contributed by atoms with Crippen LogP contribution in [0.5, 0.6) is 0 Å². The molecule has 37 N–H and O–H groups in total. The van der Waals surface area contributed by atoms with E-state index >= 15 is 0 Å². The Bertz CT molecular complexity index is 3970. The zero-order valence-electron chi connectivity index (χ0n) is 77.2. The first-order valence-corrected chi connectivity index (χ1v) is 46.0. The molecule has 60 atom stereocenters. The summed E-state index contributed by atoms with van der Waals surface area (Å²) in [5.41, 5.74) is 0. The number of rotatable bonds is 37. The molecule has 12 rings (SSSR count). The van der Waals surface area contributed by atoms with Gasteiger partial charge in [-0.2, -0.15) is 0 Å². The van der Waals surface area contributed by atoms with Crippen molar-refractivity contribution in [1.82, 2.24) is 21.3 Å². The molecule has 144 heavy (non-hydrogen) atoms. The quantitative estimate of drug-likeness (QED) is 0.0275. The number of ether oxygens (including phenoxy) is 23. The predicted octanol–water partition coefficient (Wildman–Crippen LogP) is -25.6. The van der Waals surface area contributed by atoms with Crippen molar-refractivity contribution in [2.24, 2.45) is 0 Å². The highest BCUT2D eigenvalue weighted by Gasteiger charge is 2.64. The van der Waals surface area contributed by atoms with E-state index in [2.05, 4.69) is 21.3 Å². The molecule has 0 unspecified atom stereocenters. The van der Waals surface area contributed by atoms with Crippen LogP contribution >= 0.6 is 0 Å². The molecular formula is C80H134N4O60. The SMILES string of the molecule is CC(=O)N[C@@H]1[C@@H](O)[C@H](O[C@@H]2O[C@H](CO)[C@@H](O[C@@H]3O[C@H](CO[C@H]4O[C@H](CO[C@H]5O[C@H](CO)[C@@H](O)[C@H](O)[C@@H]5O)[C@@H](O)[C@H](O[C@H]5O[C@H](CO)[C@@H](O)[C@H](O)[C@@H]5O)[C@@H]4O)[C@@H](O)[C@H](O[C@H]4O[C@H](CO)[C@@H](O[C@@H]5O[C@H](CO)[C@@H](O[C@@H]6O[C@H](CO)[C@H](O)[C@H](O)[C@H]6O)[C@H](O)[C@H]5NC(C)=O)[C@H](O)[C@@H]4O[C@@H]4O[C@H](CO)[C@@H](O[C@@H]5O[C@H](CO)[C@H](O)[C@H](O)[C@H]5O)[C@H](O)[C@H]4NC(C)=O)[C@@H]3O)[C@H](O)[C@H]2NC(C)=O)[C@@H](CO[C@@H]2O[C@@H](C)[C@@H](O)[C@@H](O)[C@@H]2O)O[C@H]1O. The third-order valence-electron chi connectivity index (χ3n) is 26.6. The number of carbonyl (C=O) groups is 4. The van der Waals surface area contributed by atoms with Crippen molar-refractivity contribution in [3.63, 3.8) is 0 Å². The Kier molecular flexibility index (Phi) is 42.4. The normalized spacial score (nSPS) is 50.4. The van der Waals surface area contributed by atoms with E-state index in [1.54, 1.807) is 0 Å². The molecule has 12 heterocycles. The minimum absolute atomic E-state index is 0.855. The lowest BCUT2D eigenvalue weighted by Gasteiger charge is -2.52. The van der Waals surface area contributed by atoms with Gasteiger partial charge in [0, 0.05) is 27.7 Å². The Morgan fingerprint density at radius 2 is 0.417 bits per heavy atom. The number of hydrogen-bond donors (Lipinski definition) is 37. The van der Waals surface area contributed by atoms with Crippen LogP contribution in [0.15, 0.2) is 0 Å². The van der Waals surface area contributed by atoms with Gasteiger partial charge in [0.25, 0.3) is 0 Å². The number of carbonyl (C=O) groups excluding carboxylic acids is 4. The minimum atomic E-state index is -2.81. The van der Waals surface area contributed by atoms with Crippen LogP contribution in [-0.4, -0.2) is 633 Å². The molecule has 0 aliphatic carbocycles. The molecule has 0 aromatic carbocycles. The summed E-state index contributed by atoms with van der Waals surface area (Å²) in [6, 6.07) is -8.19. The highest BCUT2D eigenvalue weighted by Crippen LogP contribution is 2.43. The van der Waals surface area contributed by atoms with Crippen molar-refractivity contribution >= 4 is 23.6 Å². The van der Waals surface area contributed by atoms with E-state index in [0.29, 0.717) is 0 Å². The van der Waals surface area contributed by atoms with E-state index in [0.717, 1.165) is 27.7 Å². The summed E-state index contributed by atoms with van der Waals surface area (Å²) in [5, 5.41) is 381. The van der Waals surface area contributed by atoms with Crippen LogP contribution in [0.3, 0.4) is 0 Å². The van der Waals surface area contributed by atoms with Crippen molar-refractivity contribution in [3.8, 4) is 0 Å². The van der Waals surface area contributed by atoms with Crippen LogP contribution in [0.4, 0.5) is 0 Å². The molecule has 0 bridgehead atoms. The van der Waals surface area contributed by atoms with Gasteiger partial charge in [-0.3, -0.25) is 19.2 Å². The summed E-state index contributed by atoms with van der Waals surface area (Å²) in [7, 11) is 0. The summed E-state index contributed by atoms with van der Waals surface area (Å²) in [6.45, 7) is -7.98. The van der Waals surface area contributed by atoms with E-state index in [1.165, 1.54) is 6.92 Å². The Hall–Kier alpha value is -4.36. The fraction of sp³-hybridized carbons (Fsp3) is 0.950. The Labute approximate surface area is 814 Å². The molecule has 12 saturated heterocycles. The van der Waals surface area contributed by atoms with E-state index in [-0.39, 0.29) is 0 Å². The Balaban J connectivity index is 0.930. The smallest absolute Gasteiger partial charge is 0.217 e. The third kappa shape index (κ3) is 26.0. The summed E-state index contributed by atoms with van der Waals surface area (Å²) in [6.07, 6.45) is -122. The number of hydrogen-bond acceptors (Lipinski definition) is 60. The fourth-order valence-electron chi connectivity index (χ4n) is 18.7. The van der Waals surface area contributed by atoms with Gasteiger partial charge in [0.2, 0.25) is 23.6 Å². The molecule has 0 aromatic heterocycles. The lowest BCUT2D eigenvalue weighted by Crippen LogP contribution is -2.71. The first-order chi connectivity index (χ1) is 68.1. The molecule has 12 fully saturated rings. The van der Waals surface area contributed by atoms with E-state index in [9.17, 15) is 188 Å². The molecule has 0 spiro atoms. The maximum Gasteiger partial charge on any atom is 0.217 e. The van der Waals surface area contributed by atoms with Gasteiger partial charge in [-0.05, 0) is 6.92 Å². The van der Waals surface area contributed by atoms with Crippen LogP contribution in [-0.2, 0) is 128 Å². The second-order valence-corrected chi connectivity index (χ2v) is 36.6. The first-order valence-electron chi connectivity index (χ1n) is 46.0.